The molecule has 0 N–H and O–H groups in total. The highest BCUT2D eigenvalue weighted by atomic mass is 14.1. The van der Waals surface area contributed by atoms with Crippen LogP contribution in [-0.2, 0) is 0 Å². The lowest BCUT2D eigenvalue weighted by Gasteiger charge is -2.16. The summed E-state index contributed by atoms with van der Waals surface area (Å²) in [6.45, 7) is 9.15. The Morgan fingerprint density at radius 2 is 1.58 bits per heavy atom. The number of unbranched alkanes of at least 4 members (excludes halogenated alkanes) is 2. The molecule has 0 amide bonds. The summed E-state index contributed by atoms with van der Waals surface area (Å²) in [4.78, 5) is 0. The quantitative estimate of drug-likeness (QED) is 0.417. The van der Waals surface area contributed by atoms with Gasteiger partial charge in [0.1, 0.15) is 0 Å². The molecule has 12 heavy (non-hydrogen) atoms. The van der Waals surface area contributed by atoms with Crippen molar-refractivity contribution in [3.8, 4) is 0 Å². The van der Waals surface area contributed by atoms with Gasteiger partial charge in [0, 0.05) is 0 Å². The Bertz CT molecular complexity index is 114. The normalized spacial score (nSPS) is 12.7. The van der Waals surface area contributed by atoms with Crippen molar-refractivity contribution in [2.24, 2.45) is 5.41 Å². The minimum atomic E-state index is 0.512. The molecule has 0 aliphatic rings. The molecule has 0 unspecified atom stereocenters. The minimum absolute atomic E-state index is 0.512. The van der Waals surface area contributed by atoms with E-state index >= 15 is 0 Å². The van der Waals surface area contributed by atoms with Crippen LogP contribution in [0.1, 0.15) is 59.8 Å². The molecule has 0 heterocycles. The van der Waals surface area contributed by atoms with E-state index in [-0.39, 0.29) is 0 Å². The van der Waals surface area contributed by atoms with E-state index in [0.717, 1.165) is 0 Å². The van der Waals surface area contributed by atoms with Gasteiger partial charge in [0.15, 0.2) is 0 Å². The molecule has 0 saturated heterocycles. The van der Waals surface area contributed by atoms with E-state index < -0.39 is 0 Å². The molecule has 0 nitrogen and oxygen atoms in total. The second-order valence-corrected chi connectivity index (χ2v) is 4.71. The molecule has 0 atom stereocenters. The molecular weight excluding hydrogens is 144 g/mol. The second kappa shape index (κ2) is 6.28. The van der Waals surface area contributed by atoms with Crippen LogP contribution in [0, 0.1) is 5.41 Å². The van der Waals surface area contributed by atoms with Crippen molar-refractivity contribution in [2.45, 2.75) is 59.8 Å². The molecule has 0 aromatic carbocycles. The zero-order chi connectivity index (χ0) is 9.45. The first-order chi connectivity index (χ1) is 5.56. The highest BCUT2D eigenvalue weighted by Crippen LogP contribution is 2.21. The summed E-state index contributed by atoms with van der Waals surface area (Å²) in [5.41, 5.74) is 0.512. The summed E-state index contributed by atoms with van der Waals surface area (Å²) in [5.74, 6) is 0. The summed E-state index contributed by atoms with van der Waals surface area (Å²) < 4.78 is 0. The Morgan fingerprint density at radius 1 is 1.00 bits per heavy atom. The zero-order valence-corrected chi connectivity index (χ0v) is 9.19. The molecule has 0 spiro atoms. The number of hydrogen-bond acceptors (Lipinski definition) is 0. The van der Waals surface area contributed by atoms with Crippen LogP contribution in [0.3, 0.4) is 0 Å². The van der Waals surface area contributed by atoms with Gasteiger partial charge in [0.25, 0.3) is 0 Å². The lowest BCUT2D eigenvalue weighted by atomic mass is 9.90. The maximum atomic E-state index is 2.33. The molecular formula is C12H24. The van der Waals surface area contributed by atoms with Gasteiger partial charge < -0.3 is 0 Å². The molecule has 0 saturated carbocycles. The van der Waals surface area contributed by atoms with Gasteiger partial charge in [0.2, 0.25) is 0 Å². The molecule has 0 radical (unpaired) electrons. The smallest absolute Gasteiger partial charge is 0.0351 e. The summed E-state index contributed by atoms with van der Waals surface area (Å²) in [5, 5.41) is 0. The van der Waals surface area contributed by atoms with E-state index in [4.69, 9.17) is 0 Å². The van der Waals surface area contributed by atoms with Gasteiger partial charge in [-0.15, -0.1) is 0 Å². The molecule has 0 aromatic rings. The lowest BCUT2D eigenvalue weighted by Crippen LogP contribution is -2.03. The van der Waals surface area contributed by atoms with Gasteiger partial charge in [-0.05, 0) is 31.1 Å². The summed E-state index contributed by atoms with van der Waals surface area (Å²) >= 11 is 0. The van der Waals surface area contributed by atoms with Gasteiger partial charge >= 0.3 is 0 Å². The van der Waals surface area contributed by atoms with E-state index in [1.165, 1.54) is 32.1 Å². The van der Waals surface area contributed by atoms with Gasteiger partial charge in [-0.1, -0.05) is 46.3 Å². The Balaban J connectivity index is 3.21. The number of allylic oxidation sites excluding steroid dienone is 2. The lowest BCUT2D eigenvalue weighted by molar-refractivity contribution is 0.367. The van der Waals surface area contributed by atoms with E-state index in [9.17, 15) is 0 Å². The van der Waals surface area contributed by atoms with Crippen LogP contribution in [-0.4, -0.2) is 0 Å². The van der Waals surface area contributed by atoms with E-state index in [1.54, 1.807) is 0 Å². The number of rotatable bonds is 5. The second-order valence-electron chi connectivity index (χ2n) is 4.71. The molecule has 0 aliphatic carbocycles. The van der Waals surface area contributed by atoms with E-state index in [2.05, 4.69) is 39.8 Å². The fraction of sp³-hybridized carbons (Fsp3) is 0.833. The molecule has 0 heteroatoms. The molecule has 0 aliphatic heterocycles. The van der Waals surface area contributed by atoms with Crippen LogP contribution in [0.25, 0.3) is 0 Å². The van der Waals surface area contributed by atoms with Crippen molar-refractivity contribution in [3.05, 3.63) is 12.2 Å². The third-order valence-corrected chi connectivity index (χ3v) is 1.92. The van der Waals surface area contributed by atoms with Crippen molar-refractivity contribution in [1.29, 1.82) is 0 Å². The predicted octanol–water partition coefficient (Wildman–Crippen LogP) is 4.56. The minimum Gasteiger partial charge on any atom is -0.0885 e. The molecule has 0 bridgehead atoms. The van der Waals surface area contributed by atoms with Crippen LogP contribution >= 0.6 is 0 Å². The van der Waals surface area contributed by atoms with Gasteiger partial charge in [-0.25, -0.2) is 0 Å². The van der Waals surface area contributed by atoms with Crippen LogP contribution in [0.2, 0.25) is 0 Å². The van der Waals surface area contributed by atoms with Crippen LogP contribution in [0.15, 0.2) is 12.2 Å². The maximum absolute atomic E-state index is 2.33. The molecule has 0 aromatic heterocycles. The first kappa shape index (κ1) is 11.7. The molecule has 0 fully saturated rings. The first-order valence-corrected chi connectivity index (χ1v) is 5.21. The average Bonchev–Trinajstić information content (AvgIpc) is 1.94. The fourth-order valence-corrected chi connectivity index (χ4v) is 1.15. The van der Waals surface area contributed by atoms with Gasteiger partial charge in [0.05, 0.1) is 0 Å². The van der Waals surface area contributed by atoms with Crippen molar-refractivity contribution < 1.29 is 0 Å². The van der Waals surface area contributed by atoms with Gasteiger partial charge in [-0.2, -0.15) is 0 Å². The Kier molecular flexibility index (Phi) is 6.14. The highest BCUT2D eigenvalue weighted by Gasteiger charge is 2.07. The summed E-state index contributed by atoms with van der Waals surface area (Å²) in [7, 11) is 0. The number of hydrogen-bond donors (Lipinski definition) is 0. The first-order valence-electron chi connectivity index (χ1n) is 5.21. The fourth-order valence-electron chi connectivity index (χ4n) is 1.15. The van der Waals surface area contributed by atoms with Crippen LogP contribution in [0.5, 0.6) is 0 Å². The largest absolute Gasteiger partial charge is 0.0885 e. The Hall–Kier alpha value is -0.260. The van der Waals surface area contributed by atoms with Crippen molar-refractivity contribution in [1.82, 2.24) is 0 Å². The van der Waals surface area contributed by atoms with E-state index in [1.807, 2.05) is 0 Å². The third-order valence-electron chi connectivity index (χ3n) is 1.92. The standard InChI is InChI=1S/C12H24/c1-5-6-7-8-9-10-11-12(2,3)4/h7-8H,5-6,9-11H2,1-4H3/b8-7-. The van der Waals surface area contributed by atoms with Crippen molar-refractivity contribution in [2.75, 3.05) is 0 Å². The summed E-state index contributed by atoms with van der Waals surface area (Å²) in [6, 6.07) is 0. The van der Waals surface area contributed by atoms with Crippen LogP contribution < -0.4 is 0 Å². The van der Waals surface area contributed by atoms with Crippen molar-refractivity contribution in [3.63, 3.8) is 0 Å². The Morgan fingerprint density at radius 3 is 2.08 bits per heavy atom. The summed E-state index contributed by atoms with van der Waals surface area (Å²) in [6.07, 6.45) is 11.1. The van der Waals surface area contributed by atoms with Crippen molar-refractivity contribution >= 4 is 0 Å². The predicted molar refractivity (Wildman–Crippen MR) is 57.4 cm³/mol. The highest BCUT2D eigenvalue weighted by molar-refractivity contribution is 4.81. The Labute approximate surface area is 78.1 Å². The average molecular weight is 168 g/mol. The maximum Gasteiger partial charge on any atom is -0.0351 e. The molecule has 0 rings (SSSR count). The third kappa shape index (κ3) is 9.74. The monoisotopic (exact) mass is 168 g/mol. The molecule has 72 valence electrons. The van der Waals surface area contributed by atoms with Gasteiger partial charge in [-0.3, -0.25) is 0 Å². The SMILES string of the molecule is CCC/C=C\CCCC(C)(C)C. The topological polar surface area (TPSA) is 0 Å². The van der Waals surface area contributed by atoms with E-state index in [0.29, 0.717) is 5.41 Å². The zero-order valence-electron chi connectivity index (χ0n) is 9.19. The van der Waals surface area contributed by atoms with Crippen LogP contribution in [0.4, 0.5) is 0 Å².